The SMILES string of the molecule is CCC(=O)NCCOc1ccc(F)c(F)c1. The van der Waals surface area contributed by atoms with Crippen LogP contribution in [0.3, 0.4) is 0 Å². The molecule has 0 spiro atoms. The molecule has 0 aliphatic heterocycles. The molecule has 0 fully saturated rings. The Morgan fingerprint density at radius 2 is 2.12 bits per heavy atom. The van der Waals surface area contributed by atoms with Crippen LogP contribution in [0.25, 0.3) is 0 Å². The lowest BCUT2D eigenvalue weighted by Gasteiger charge is -2.07. The lowest BCUT2D eigenvalue weighted by Crippen LogP contribution is -2.27. The van der Waals surface area contributed by atoms with Gasteiger partial charge in [-0.1, -0.05) is 6.92 Å². The summed E-state index contributed by atoms with van der Waals surface area (Å²) in [5, 5.41) is 2.60. The molecule has 0 aromatic heterocycles. The van der Waals surface area contributed by atoms with Gasteiger partial charge in [-0.3, -0.25) is 4.79 Å². The van der Waals surface area contributed by atoms with Crippen molar-refractivity contribution in [2.45, 2.75) is 13.3 Å². The van der Waals surface area contributed by atoms with Crippen LogP contribution in [0.1, 0.15) is 13.3 Å². The molecule has 1 aromatic rings. The van der Waals surface area contributed by atoms with Gasteiger partial charge < -0.3 is 10.1 Å². The second-order valence-electron chi connectivity index (χ2n) is 3.13. The van der Waals surface area contributed by atoms with Crippen molar-refractivity contribution >= 4 is 5.91 Å². The lowest BCUT2D eigenvalue weighted by molar-refractivity contribution is -0.120. The highest BCUT2D eigenvalue weighted by Gasteiger charge is 2.03. The summed E-state index contributed by atoms with van der Waals surface area (Å²) in [7, 11) is 0. The van der Waals surface area contributed by atoms with E-state index in [0.717, 1.165) is 12.1 Å². The van der Waals surface area contributed by atoms with E-state index in [1.807, 2.05) is 0 Å². The summed E-state index contributed by atoms with van der Waals surface area (Å²) in [5.41, 5.74) is 0. The van der Waals surface area contributed by atoms with Gasteiger partial charge in [-0.2, -0.15) is 0 Å². The number of nitrogens with one attached hydrogen (secondary N) is 1. The standard InChI is InChI=1S/C11H13F2NO2/c1-2-11(15)14-5-6-16-8-3-4-9(12)10(13)7-8/h3-4,7H,2,5-6H2,1H3,(H,14,15). The van der Waals surface area contributed by atoms with Gasteiger partial charge in [0.1, 0.15) is 12.4 Å². The van der Waals surface area contributed by atoms with Crippen molar-refractivity contribution < 1.29 is 18.3 Å². The molecule has 0 saturated heterocycles. The molecule has 0 atom stereocenters. The molecule has 5 heteroatoms. The Balaban J connectivity index is 2.32. The van der Waals surface area contributed by atoms with E-state index in [9.17, 15) is 13.6 Å². The predicted octanol–water partition coefficient (Wildman–Crippen LogP) is 1.87. The maximum absolute atomic E-state index is 12.7. The molecule has 0 heterocycles. The number of amides is 1. The van der Waals surface area contributed by atoms with Crippen molar-refractivity contribution in [3.05, 3.63) is 29.8 Å². The number of benzene rings is 1. The Hall–Kier alpha value is -1.65. The van der Waals surface area contributed by atoms with Gasteiger partial charge in [0.05, 0.1) is 6.54 Å². The quantitative estimate of drug-likeness (QED) is 0.783. The molecule has 0 unspecified atom stereocenters. The van der Waals surface area contributed by atoms with Crippen LogP contribution in [-0.2, 0) is 4.79 Å². The first-order valence-electron chi connectivity index (χ1n) is 4.98. The molecule has 1 rings (SSSR count). The Kier molecular flexibility index (Phi) is 4.69. The van der Waals surface area contributed by atoms with E-state index in [0.29, 0.717) is 13.0 Å². The maximum Gasteiger partial charge on any atom is 0.219 e. The number of carbonyl (C=O) groups is 1. The van der Waals surface area contributed by atoms with E-state index < -0.39 is 11.6 Å². The van der Waals surface area contributed by atoms with Crippen molar-refractivity contribution in [3.63, 3.8) is 0 Å². The fourth-order valence-corrected chi connectivity index (χ4v) is 1.05. The fraction of sp³-hybridized carbons (Fsp3) is 0.364. The third-order valence-electron chi connectivity index (χ3n) is 1.91. The van der Waals surface area contributed by atoms with Crippen LogP contribution in [0, 0.1) is 11.6 Å². The number of hydrogen-bond donors (Lipinski definition) is 1. The van der Waals surface area contributed by atoms with Crippen LogP contribution in [0.15, 0.2) is 18.2 Å². The van der Waals surface area contributed by atoms with E-state index in [-0.39, 0.29) is 18.3 Å². The number of halogens is 2. The van der Waals surface area contributed by atoms with Gasteiger partial charge >= 0.3 is 0 Å². The molecular formula is C11H13F2NO2. The summed E-state index contributed by atoms with van der Waals surface area (Å²) in [6.07, 6.45) is 0.408. The summed E-state index contributed by atoms with van der Waals surface area (Å²) in [6, 6.07) is 3.30. The maximum atomic E-state index is 12.7. The van der Waals surface area contributed by atoms with Crippen LogP contribution in [0.5, 0.6) is 5.75 Å². The minimum Gasteiger partial charge on any atom is -0.492 e. The molecule has 16 heavy (non-hydrogen) atoms. The van der Waals surface area contributed by atoms with Gasteiger partial charge in [-0.25, -0.2) is 8.78 Å². The summed E-state index contributed by atoms with van der Waals surface area (Å²) in [6.45, 7) is 2.30. The number of carbonyl (C=O) groups excluding carboxylic acids is 1. The average molecular weight is 229 g/mol. The normalized spacial score (nSPS) is 9.94. The Bertz CT molecular complexity index is 369. The Morgan fingerprint density at radius 1 is 1.38 bits per heavy atom. The molecule has 0 bridgehead atoms. The minimum absolute atomic E-state index is 0.0751. The lowest BCUT2D eigenvalue weighted by atomic mass is 10.3. The van der Waals surface area contributed by atoms with E-state index in [1.54, 1.807) is 6.92 Å². The van der Waals surface area contributed by atoms with Crippen molar-refractivity contribution in [1.29, 1.82) is 0 Å². The molecule has 0 aliphatic rings. The van der Waals surface area contributed by atoms with Crippen molar-refractivity contribution in [2.24, 2.45) is 0 Å². The molecule has 0 saturated carbocycles. The number of rotatable bonds is 5. The van der Waals surface area contributed by atoms with Gasteiger partial charge in [0.25, 0.3) is 0 Å². The zero-order valence-electron chi connectivity index (χ0n) is 8.93. The largest absolute Gasteiger partial charge is 0.492 e. The van der Waals surface area contributed by atoms with Crippen LogP contribution >= 0.6 is 0 Å². The van der Waals surface area contributed by atoms with Crippen LogP contribution in [0.2, 0.25) is 0 Å². The average Bonchev–Trinajstić information content (AvgIpc) is 2.28. The minimum atomic E-state index is -0.949. The van der Waals surface area contributed by atoms with E-state index in [4.69, 9.17) is 4.74 Å². The molecule has 88 valence electrons. The smallest absolute Gasteiger partial charge is 0.219 e. The third kappa shape index (κ3) is 3.84. The first-order valence-corrected chi connectivity index (χ1v) is 4.98. The van der Waals surface area contributed by atoms with Gasteiger partial charge in [0.2, 0.25) is 5.91 Å². The summed E-state index contributed by atoms with van der Waals surface area (Å²) in [5.74, 6) is -1.69. The van der Waals surface area contributed by atoms with E-state index in [1.165, 1.54) is 6.07 Å². The highest BCUT2D eigenvalue weighted by Crippen LogP contribution is 2.14. The third-order valence-corrected chi connectivity index (χ3v) is 1.91. The molecule has 1 N–H and O–H groups in total. The zero-order valence-corrected chi connectivity index (χ0v) is 8.93. The predicted molar refractivity (Wildman–Crippen MR) is 55.2 cm³/mol. The molecule has 1 amide bonds. The highest BCUT2D eigenvalue weighted by molar-refractivity contribution is 5.75. The first kappa shape index (κ1) is 12.4. The second-order valence-corrected chi connectivity index (χ2v) is 3.13. The van der Waals surface area contributed by atoms with Crippen LogP contribution < -0.4 is 10.1 Å². The van der Waals surface area contributed by atoms with Gasteiger partial charge in [-0.05, 0) is 12.1 Å². The number of hydrogen-bond acceptors (Lipinski definition) is 2. The van der Waals surface area contributed by atoms with Crippen LogP contribution in [0.4, 0.5) is 8.78 Å². The topological polar surface area (TPSA) is 38.3 Å². The summed E-state index contributed by atoms with van der Waals surface area (Å²) >= 11 is 0. The second kappa shape index (κ2) is 6.05. The zero-order chi connectivity index (χ0) is 12.0. The van der Waals surface area contributed by atoms with Crippen molar-refractivity contribution in [1.82, 2.24) is 5.32 Å². The molecule has 1 aromatic carbocycles. The highest BCUT2D eigenvalue weighted by atomic mass is 19.2. The molecular weight excluding hydrogens is 216 g/mol. The van der Waals surface area contributed by atoms with Crippen LogP contribution in [-0.4, -0.2) is 19.1 Å². The van der Waals surface area contributed by atoms with Crippen molar-refractivity contribution in [3.8, 4) is 5.75 Å². The Labute approximate surface area is 92.4 Å². The Morgan fingerprint density at radius 3 is 2.75 bits per heavy atom. The summed E-state index contributed by atoms with van der Waals surface area (Å²) < 4.78 is 30.4. The fourth-order valence-electron chi connectivity index (χ4n) is 1.05. The van der Waals surface area contributed by atoms with E-state index in [2.05, 4.69) is 5.32 Å². The van der Waals surface area contributed by atoms with Crippen molar-refractivity contribution in [2.75, 3.05) is 13.2 Å². The molecule has 0 aliphatic carbocycles. The monoisotopic (exact) mass is 229 g/mol. The molecule has 3 nitrogen and oxygen atoms in total. The van der Waals surface area contributed by atoms with E-state index >= 15 is 0 Å². The van der Waals surface area contributed by atoms with Gasteiger partial charge in [0, 0.05) is 12.5 Å². The number of ether oxygens (including phenoxy) is 1. The van der Waals surface area contributed by atoms with Gasteiger partial charge in [0.15, 0.2) is 11.6 Å². The first-order chi connectivity index (χ1) is 7.63. The summed E-state index contributed by atoms with van der Waals surface area (Å²) in [4.78, 5) is 10.8. The van der Waals surface area contributed by atoms with Gasteiger partial charge in [-0.15, -0.1) is 0 Å². The molecule has 0 radical (unpaired) electrons.